The molecule has 184 valence electrons. The van der Waals surface area contributed by atoms with Crippen molar-refractivity contribution < 1.29 is 19.1 Å². The second-order valence-electron chi connectivity index (χ2n) is 7.42. The van der Waals surface area contributed by atoms with Crippen LogP contribution in [-0.4, -0.2) is 25.0 Å². The quantitative estimate of drug-likeness (QED) is 0.264. The number of amides is 2. The zero-order chi connectivity index (χ0) is 25.9. The first-order valence-corrected chi connectivity index (χ1v) is 11.7. The van der Waals surface area contributed by atoms with Gasteiger partial charge in [-0.3, -0.25) is 9.59 Å². The number of rotatable bonds is 10. The molecule has 0 aliphatic rings. The van der Waals surface area contributed by atoms with Crippen LogP contribution in [0.3, 0.4) is 0 Å². The molecule has 0 aliphatic heterocycles. The maximum absolute atomic E-state index is 12.5. The highest BCUT2D eigenvalue weighted by atomic mass is 35.5. The first kappa shape index (κ1) is 26.6. The van der Waals surface area contributed by atoms with Gasteiger partial charge in [0.15, 0.2) is 18.1 Å². The van der Waals surface area contributed by atoms with Crippen molar-refractivity contribution in [2.45, 2.75) is 13.5 Å². The highest BCUT2D eigenvalue weighted by molar-refractivity contribution is 6.33. The second kappa shape index (κ2) is 13.2. The number of nitrogens with zero attached hydrogens (tertiary/aromatic N) is 1. The van der Waals surface area contributed by atoms with Crippen molar-refractivity contribution in [2.24, 2.45) is 0 Å². The van der Waals surface area contributed by atoms with E-state index >= 15 is 0 Å². The first-order valence-electron chi connectivity index (χ1n) is 11.0. The standard InChI is InChI=1S/C27H23Cl2N3O4/c1-2-35-24-14-19(12-20(15-30)27(34)31-16-18-8-4-3-5-9-18)13-22(29)26(24)36-17-25(33)32-23-11-7-6-10-21(23)28/h3-14H,2,16-17H2,1H3,(H,31,34)(H,32,33)/b20-12+. The summed E-state index contributed by atoms with van der Waals surface area (Å²) in [4.78, 5) is 24.9. The monoisotopic (exact) mass is 523 g/mol. The van der Waals surface area contributed by atoms with Crippen molar-refractivity contribution in [1.29, 1.82) is 5.26 Å². The smallest absolute Gasteiger partial charge is 0.262 e. The summed E-state index contributed by atoms with van der Waals surface area (Å²) in [7, 11) is 0. The van der Waals surface area contributed by atoms with Gasteiger partial charge in [0, 0.05) is 6.54 Å². The highest BCUT2D eigenvalue weighted by Gasteiger charge is 2.16. The topological polar surface area (TPSA) is 100 Å². The van der Waals surface area contributed by atoms with Gasteiger partial charge in [-0.1, -0.05) is 65.7 Å². The summed E-state index contributed by atoms with van der Waals surface area (Å²) in [6.07, 6.45) is 1.41. The van der Waals surface area contributed by atoms with E-state index < -0.39 is 11.8 Å². The molecule has 0 bridgehead atoms. The van der Waals surface area contributed by atoms with Gasteiger partial charge in [0.25, 0.3) is 11.8 Å². The van der Waals surface area contributed by atoms with Crippen molar-refractivity contribution in [3.8, 4) is 17.6 Å². The lowest BCUT2D eigenvalue weighted by Crippen LogP contribution is -2.23. The van der Waals surface area contributed by atoms with E-state index in [-0.39, 0.29) is 35.2 Å². The van der Waals surface area contributed by atoms with Crippen LogP contribution in [0.25, 0.3) is 6.08 Å². The van der Waals surface area contributed by atoms with Crippen LogP contribution in [0.2, 0.25) is 10.0 Å². The van der Waals surface area contributed by atoms with Crippen molar-refractivity contribution in [2.75, 3.05) is 18.5 Å². The van der Waals surface area contributed by atoms with Gasteiger partial charge in [-0.2, -0.15) is 5.26 Å². The number of hydrogen-bond acceptors (Lipinski definition) is 5. The predicted molar refractivity (Wildman–Crippen MR) is 140 cm³/mol. The lowest BCUT2D eigenvalue weighted by molar-refractivity contribution is -0.118. The average Bonchev–Trinajstić information content (AvgIpc) is 2.87. The largest absolute Gasteiger partial charge is 0.490 e. The molecule has 36 heavy (non-hydrogen) atoms. The van der Waals surface area contributed by atoms with Crippen LogP contribution < -0.4 is 20.1 Å². The SMILES string of the molecule is CCOc1cc(/C=C(\C#N)C(=O)NCc2ccccc2)cc(Cl)c1OCC(=O)Nc1ccccc1Cl. The zero-order valence-electron chi connectivity index (χ0n) is 19.4. The molecule has 0 heterocycles. The highest BCUT2D eigenvalue weighted by Crippen LogP contribution is 2.37. The Morgan fingerprint density at radius 1 is 1.00 bits per heavy atom. The van der Waals surface area contributed by atoms with E-state index in [0.717, 1.165) is 5.56 Å². The second-order valence-corrected chi connectivity index (χ2v) is 8.23. The van der Waals surface area contributed by atoms with E-state index in [1.807, 2.05) is 36.4 Å². The molecule has 2 N–H and O–H groups in total. The number of halogens is 2. The van der Waals surface area contributed by atoms with Gasteiger partial charge >= 0.3 is 0 Å². The molecule has 0 saturated heterocycles. The van der Waals surface area contributed by atoms with Crippen molar-refractivity contribution >= 4 is 46.8 Å². The molecule has 2 amide bonds. The van der Waals surface area contributed by atoms with Crippen molar-refractivity contribution in [1.82, 2.24) is 5.32 Å². The molecule has 0 spiro atoms. The van der Waals surface area contributed by atoms with Crippen LogP contribution in [0, 0.1) is 11.3 Å². The van der Waals surface area contributed by atoms with Crippen molar-refractivity contribution in [3.05, 3.63) is 93.5 Å². The van der Waals surface area contributed by atoms with E-state index in [1.165, 1.54) is 12.1 Å². The van der Waals surface area contributed by atoms with Gasteiger partial charge < -0.3 is 20.1 Å². The van der Waals surface area contributed by atoms with Crippen LogP contribution in [0.4, 0.5) is 5.69 Å². The third-order valence-electron chi connectivity index (χ3n) is 4.80. The maximum Gasteiger partial charge on any atom is 0.262 e. The summed E-state index contributed by atoms with van der Waals surface area (Å²) in [5.74, 6) is -0.528. The summed E-state index contributed by atoms with van der Waals surface area (Å²) in [6, 6.07) is 21.2. The first-order chi connectivity index (χ1) is 17.4. The number of ether oxygens (including phenoxy) is 2. The fourth-order valence-corrected chi connectivity index (χ4v) is 3.61. The fourth-order valence-electron chi connectivity index (χ4n) is 3.15. The van der Waals surface area contributed by atoms with E-state index in [4.69, 9.17) is 32.7 Å². The zero-order valence-corrected chi connectivity index (χ0v) is 20.9. The normalized spacial score (nSPS) is 10.8. The molecule has 0 saturated carbocycles. The van der Waals surface area contributed by atoms with E-state index in [2.05, 4.69) is 10.6 Å². The summed E-state index contributed by atoms with van der Waals surface area (Å²) >= 11 is 12.5. The Kier molecular flexibility index (Phi) is 9.75. The average molecular weight is 524 g/mol. The Bertz CT molecular complexity index is 1300. The van der Waals surface area contributed by atoms with Gasteiger partial charge in [0.05, 0.1) is 22.3 Å². The number of para-hydroxylation sites is 1. The summed E-state index contributed by atoms with van der Waals surface area (Å²) in [5, 5.41) is 15.5. The molecule has 0 fully saturated rings. The van der Waals surface area contributed by atoms with Crippen LogP contribution in [0.1, 0.15) is 18.1 Å². The molecular formula is C27H23Cl2N3O4. The third-order valence-corrected chi connectivity index (χ3v) is 5.41. The number of anilines is 1. The minimum absolute atomic E-state index is 0.0998. The lowest BCUT2D eigenvalue weighted by Gasteiger charge is -2.15. The van der Waals surface area contributed by atoms with E-state index in [0.29, 0.717) is 22.9 Å². The predicted octanol–water partition coefficient (Wildman–Crippen LogP) is 5.63. The third kappa shape index (κ3) is 7.51. The van der Waals surface area contributed by atoms with E-state index in [9.17, 15) is 14.9 Å². The molecule has 3 aromatic carbocycles. The Hall–Kier alpha value is -3.99. The van der Waals surface area contributed by atoms with E-state index in [1.54, 1.807) is 37.3 Å². The van der Waals surface area contributed by atoms with Gasteiger partial charge in [-0.25, -0.2) is 0 Å². The Labute approximate surface area is 219 Å². The number of carbonyl (C=O) groups excluding carboxylic acids is 2. The minimum atomic E-state index is -0.521. The molecule has 0 unspecified atom stereocenters. The summed E-state index contributed by atoms with van der Waals surface area (Å²) in [6.45, 7) is 2.02. The minimum Gasteiger partial charge on any atom is -0.490 e. The van der Waals surface area contributed by atoms with Crippen LogP contribution in [0.15, 0.2) is 72.3 Å². The van der Waals surface area contributed by atoms with Crippen LogP contribution in [0.5, 0.6) is 11.5 Å². The summed E-state index contributed by atoms with van der Waals surface area (Å²) in [5.41, 5.74) is 1.73. The lowest BCUT2D eigenvalue weighted by atomic mass is 10.1. The van der Waals surface area contributed by atoms with Gasteiger partial charge in [0.2, 0.25) is 0 Å². The Morgan fingerprint density at radius 3 is 2.42 bits per heavy atom. The Balaban J connectivity index is 1.73. The molecular weight excluding hydrogens is 501 g/mol. The molecule has 3 aromatic rings. The van der Waals surface area contributed by atoms with Gasteiger partial charge in [-0.15, -0.1) is 0 Å². The van der Waals surface area contributed by atoms with Gasteiger partial charge in [-0.05, 0) is 48.4 Å². The molecule has 7 nitrogen and oxygen atoms in total. The maximum atomic E-state index is 12.5. The molecule has 9 heteroatoms. The molecule has 3 rings (SSSR count). The number of hydrogen-bond donors (Lipinski definition) is 2. The summed E-state index contributed by atoms with van der Waals surface area (Å²) < 4.78 is 11.3. The fraction of sp³-hybridized carbons (Fsp3) is 0.148. The number of nitrogens with one attached hydrogen (secondary N) is 2. The van der Waals surface area contributed by atoms with Gasteiger partial charge in [0.1, 0.15) is 11.6 Å². The molecule has 0 atom stereocenters. The number of nitriles is 1. The molecule has 0 aliphatic carbocycles. The van der Waals surface area contributed by atoms with Crippen LogP contribution in [-0.2, 0) is 16.1 Å². The van der Waals surface area contributed by atoms with Crippen molar-refractivity contribution in [3.63, 3.8) is 0 Å². The number of carbonyl (C=O) groups is 2. The molecule has 0 radical (unpaired) electrons. The number of benzene rings is 3. The molecule has 0 aromatic heterocycles. The Morgan fingerprint density at radius 2 is 1.72 bits per heavy atom. The van der Waals surface area contributed by atoms with Crippen LogP contribution >= 0.6 is 23.2 Å².